The van der Waals surface area contributed by atoms with Gasteiger partial charge in [-0.1, -0.05) is 18.9 Å². The van der Waals surface area contributed by atoms with E-state index in [4.69, 9.17) is 12.2 Å². The number of hydrogen-bond acceptors (Lipinski definition) is 1. The van der Waals surface area contributed by atoms with Gasteiger partial charge in [0.15, 0.2) is 5.11 Å². The molecular formula is C15H20N2S. The van der Waals surface area contributed by atoms with Crippen molar-refractivity contribution in [3.63, 3.8) is 0 Å². The Balaban J connectivity index is 1.60. The van der Waals surface area contributed by atoms with E-state index in [1.807, 2.05) is 0 Å². The SMILES string of the molecule is S=C(Nc1ccc2c(c1)CCC2)NC1CCCC1. The van der Waals surface area contributed by atoms with Crippen molar-refractivity contribution in [2.24, 2.45) is 0 Å². The molecule has 0 aromatic heterocycles. The third-order valence-electron chi connectivity index (χ3n) is 4.05. The fraction of sp³-hybridized carbons (Fsp3) is 0.533. The summed E-state index contributed by atoms with van der Waals surface area (Å²) >= 11 is 5.38. The van der Waals surface area contributed by atoms with E-state index in [1.54, 1.807) is 0 Å². The number of rotatable bonds is 2. The predicted molar refractivity (Wildman–Crippen MR) is 80.1 cm³/mol. The van der Waals surface area contributed by atoms with E-state index in [0.29, 0.717) is 6.04 Å². The molecule has 18 heavy (non-hydrogen) atoms. The fourth-order valence-corrected chi connectivity index (χ4v) is 3.36. The lowest BCUT2D eigenvalue weighted by Crippen LogP contribution is -2.35. The van der Waals surface area contributed by atoms with E-state index in [2.05, 4.69) is 28.8 Å². The molecule has 2 nitrogen and oxygen atoms in total. The highest BCUT2D eigenvalue weighted by molar-refractivity contribution is 7.80. The lowest BCUT2D eigenvalue weighted by Gasteiger charge is -2.16. The third-order valence-corrected chi connectivity index (χ3v) is 4.27. The normalized spacial score (nSPS) is 18.7. The summed E-state index contributed by atoms with van der Waals surface area (Å²) < 4.78 is 0. The van der Waals surface area contributed by atoms with Gasteiger partial charge in [0.1, 0.15) is 0 Å². The summed E-state index contributed by atoms with van der Waals surface area (Å²) in [5.74, 6) is 0. The average Bonchev–Trinajstić information content (AvgIpc) is 2.98. The van der Waals surface area contributed by atoms with E-state index >= 15 is 0 Å². The van der Waals surface area contributed by atoms with Gasteiger partial charge >= 0.3 is 0 Å². The number of fused-ring (bicyclic) bond motifs is 1. The minimum absolute atomic E-state index is 0.583. The third kappa shape index (κ3) is 2.66. The molecule has 1 fully saturated rings. The van der Waals surface area contributed by atoms with E-state index in [9.17, 15) is 0 Å². The van der Waals surface area contributed by atoms with Crippen molar-refractivity contribution < 1.29 is 0 Å². The van der Waals surface area contributed by atoms with Gasteiger partial charge in [0.25, 0.3) is 0 Å². The number of benzene rings is 1. The lowest BCUT2D eigenvalue weighted by molar-refractivity contribution is 0.634. The summed E-state index contributed by atoms with van der Waals surface area (Å²) in [7, 11) is 0. The van der Waals surface area contributed by atoms with Crippen molar-refractivity contribution in [3.05, 3.63) is 29.3 Å². The van der Waals surface area contributed by atoms with Gasteiger partial charge in [-0.05, 0) is 67.6 Å². The summed E-state index contributed by atoms with van der Waals surface area (Å²) in [6.45, 7) is 0. The summed E-state index contributed by atoms with van der Waals surface area (Å²) in [5, 5.41) is 7.51. The second kappa shape index (κ2) is 5.27. The molecule has 3 rings (SSSR count). The van der Waals surface area contributed by atoms with Crippen molar-refractivity contribution in [1.29, 1.82) is 0 Å². The first-order valence-electron chi connectivity index (χ1n) is 7.00. The number of hydrogen-bond donors (Lipinski definition) is 2. The molecule has 0 bridgehead atoms. The maximum Gasteiger partial charge on any atom is 0.170 e. The van der Waals surface area contributed by atoms with Crippen LogP contribution >= 0.6 is 12.2 Å². The molecule has 1 aromatic rings. The smallest absolute Gasteiger partial charge is 0.170 e. The number of anilines is 1. The number of aryl methyl sites for hydroxylation is 2. The van der Waals surface area contributed by atoms with Crippen LogP contribution in [0.1, 0.15) is 43.2 Å². The molecular weight excluding hydrogens is 240 g/mol. The molecule has 1 saturated carbocycles. The highest BCUT2D eigenvalue weighted by Gasteiger charge is 2.16. The zero-order chi connectivity index (χ0) is 12.4. The average molecular weight is 260 g/mol. The molecule has 0 saturated heterocycles. The Morgan fingerprint density at radius 3 is 2.67 bits per heavy atom. The van der Waals surface area contributed by atoms with E-state index < -0.39 is 0 Å². The van der Waals surface area contributed by atoms with Crippen LogP contribution in [-0.2, 0) is 12.8 Å². The van der Waals surface area contributed by atoms with Crippen LogP contribution in [0.25, 0.3) is 0 Å². The molecule has 2 N–H and O–H groups in total. The first-order chi connectivity index (χ1) is 8.81. The summed E-state index contributed by atoms with van der Waals surface area (Å²) in [5.41, 5.74) is 4.13. The Morgan fingerprint density at radius 2 is 1.83 bits per heavy atom. The summed E-state index contributed by atoms with van der Waals surface area (Å²) in [6, 6.07) is 7.22. The predicted octanol–water partition coefficient (Wildman–Crippen LogP) is 3.40. The zero-order valence-electron chi connectivity index (χ0n) is 10.7. The van der Waals surface area contributed by atoms with E-state index in [1.165, 1.54) is 56.1 Å². The molecule has 0 radical (unpaired) electrons. The standard InChI is InChI=1S/C15H20N2S/c18-15(16-13-6-1-2-7-13)17-14-9-8-11-4-3-5-12(11)10-14/h8-10,13H,1-7H2,(H2,16,17,18). The van der Waals surface area contributed by atoms with Crippen LogP contribution in [0, 0.1) is 0 Å². The van der Waals surface area contributed by atoms with E-state index in [0.717, 1.165) is 10.8 Å². The van der Waals surface area contributed by atoms with Gasteiger partial charge in [-0.25, -0.2) is 0 Å². The highest BCUT2D eigenvalue weighted by atomic mass is 32.1. The molecule has 0 heterocycles. The minimum Gasteiger partial charge on any atom is -0.360 e. The van der Waals surface area contributed by atoms with Crippen LogP contribution in [0.3, 0.4) is 0 Å². The minimum atomic E-state index is 0.583. The monoisotopic (exact) mass is 260 g/mol. The Kier molecular flexibility index (Phi) is 3.50. The Labute approximate surface area is 114 Å². The van der Waals surface area contributed by atoms with Gasteiger partial charge in [0.2, 0.25) is 0 Å². The van der Waals surface area contributed by atoms with Crippen LogP contribution in [0.5, 0.6) is 0 Å². The van der Waals surface area contributed by atoms with Crippen molar-refractivity contribution in [2.75, 3.05) is 5.32 Å². The van der Waals surface area contributed by atoms with Gasteiger partial charge < -0.3 is 10.6 Å². The van der Waals surface area contributed by atoms with Gasteiger partial charge in [-0.2, -0.15) is 0 Å². The van der Waals surface area contributed by atoms with Crippen LogP contribution in [0.2, 0.25) is 0 Å². The van der Waals surface area contributed by atoms with Gasteiger partial charge in [0.05, 0.1) is 0 Å². The van der Waals surface area contributed by atoms with Crippen LogP contribution in [0.15, 0.2) is 18.2 Å². The second-order valence-corrected chi connectivity index (χ2v) is 5.83. The molecule has 1 aromatic carbocycles. The first-order valence-corrected chi connectivity index (χ1v) is 7.41. The lowest BCUT2D eigenvalue weighted by atomic mass is 10.1. The fourth-order valence-electron chi connectivity index (χ4n) is 3.07. The van der Waals surface area contributed by atoms with E-state index in [-0.39, 0.29) is 0 Å². The van der Waals surface area contributed by atoms with Gasteiger partial charge in [-0.15, -0.1) is 0 Å². The molecule has 0 spiro atoms. The van der Waals surface area contributed by atoms with Gasteiger partial charge in [0, 0.05) is 11.7 Å². The number of thiocarbonyl (C=S) groups is 1. The van der Waals surface area contributed by atoms with Crippen LogP contribution < -0.4 is 10.6 Å². The van der Waals surface area contributed by atoms with Crippen molar-refractivity contribution in [2.45, 2.75) is 51.0 Å². The largest absolute Gasteiger partial charge is 0.360 e. The van der Waals surface area contributed by atoms with Crippen LogP contribution in [0.4, 0.5) is 5.69 Å². The molecule has 3 heteroatoms. The first kappa shape index (κ1) is 12.0. The molecule has 2 aliphatic carbocycles. The molecule has 96 valence electrons. The Hall–Kier alpha value is -1.09. The molecule has 0 atom stereocenters. The number of nitrogens with one attached hydrogen (secondary N) is 2. The summed E-state index contributed by atoms with van der Waals surface area (Å²) in [4.78, 5) is 0. The Bertz CT molecular complexity index is 450. The molecule has 0 amide bonds. The molecule has 0 unspecified atom stereocenters. The molecule has 0 aliphatic heterocycles. The van der Waals surface area contributed by atoms with Crippen molar-refractivity contribution in [1.82, 2.24) is 5.32 Å². The maximum atomic E-state index is 5.38. The second-order valence-electron chi connectivity index (χ2n) is 5.42. The maximum absolute atomic E-state index is 5.38. The summed E-state index contributed by atoms with van der Waals surface area (Å²) in [6.07, 6.45) is 8.92. The van der Waals surface area contributed by atoms with Crippen molar-refractivity contribution >= 4 is 23.0 Å². The quantitative estimate of drug-likeness (QED) is 0.797. The highest BCUT2D eigenvalue weighted by Crippen LogP contribution is 2.25. The topological polar surface area (TPSA) is 24.1 Å². The molecule has 2 aliphatic rings. The Morgan fingerprint density at radius 1 is 1.06 bits per heavy atom. The van der Waals surface area contributed by atoms with Crippen LogP contribution in [-0.4, -0.2) is 11.2 Å². The zero-order valence-corrected chi connectivity index (χ0v) is 11.5. The van der Waals surface area contributed by atoms with Gasteiger partial charge in [-0.3, -0.25) is 0 Å². The van der Waals surface area contributed by atoms with Crippen molar-refractivity contribution in [3.8, 4) is 0 Å².